The minimum Gasteiger partial charge on any atom is -0.279 e. The molecule has 0 spiro atoms. The third-order valence-electron chi connectivity index (χ3n) is 4.70. The van der Waals surface area contributed by atoms with Crippen molar-refractivity contribution in [3.8, 4) is 0 Å². The molecule has 136 valence electrons. The van der Waals surface area contributed by atoms with Crippen LogP contribution < -0.4 is 10.9 Å². The Hall–Kier alpha value is -2.69. The van der Waals surface area contributed by atoms with Gasteiger partial charge in [-0.05, 0) is 74.6 Å². The Bertz CT molecular complexity index is 703. The predicted molar refractivity (Wildman–Crippen MR) is 107 cm³/mol. The van der Waals surface area contributed by atoms with Crippen molar-refractivity contribution in [3.05, 3.63) is 54.1 Å². The largest absolute Gasteiger partial charge is 0.279 e. The van der Waals surface area contributed by atoms with Crippen molar-refractivity contribution in [3.63, 3.8) is 0 Å². The molecule has 0 heterocycles. The highest BCUT2D eigenvalue weighted by molar-refractivity contribution is 5.94. The van der Waals surface area contributed by atoms with Gasteiger partial charge in [0.15, 0.2) is 0 Å². The topological polar surface area (TPSA) is 65.8 Å². The lowest BCUT2D eigenvalue weighted by molar-refractivity contribution is 0.0955. The first-order chi connectivity index (χ1) is 12.8. The van der Waals surface area contributed by atoms with Crippen molar-refractivity contribution in [2.24, 2.45) is 22.0 Å². The number of carbonyl (C=O) groups excluding carboxylic acids is 1. The van der Waals surface area contributed by atoms with E-state index in [1.165, 1.54) is 0 Å². The van der Waals surface area contributed by atoms with Gasteiger partial charge in [-0.1, -0.05) is 24.3 Å². The highest BCUT2D eigenvalue weighted by Crippen LogP contribution is 2.17. The standard InChI is InChI=1S/C21H26N4O/c26-21(25-23-16-18-9-5-2-6-10-18)19-11-13-20(14-12-19)24-22-15-17-7-3-1-4-8-17/h1-3,5,11-18,24H,4,6-10H2,(H,25,26)/b22-15-,23-16-/t17-,18+/m0/s1. The Morgan fingerprint density at radius 3 is 2.08 bits per heavy atom. The molecule has 0 saturated heterocycles. The van der Waals surface area contributed by atoms with Gasteiger partial charge in [0.25, 0.3) is 5.91 Å². The molecule has 3 rings (SSSR count). The van der Waals surface area contributed by atoms with Crippen molar-refractivity contribution >= 4 is 24.0 Å². The molecule has 0 aromatic heterocycles. The Morgan fingerprint density at radius 1 is 0.885 bits per heavy atom. The number of rotatable bonds is 6. The quantitative estimate of drug-likeness (QED) is 0.450. The lowest BCUT2D eigenvalue weighted by atomic mass is 9.96. The van der Waals surface area contributed by atoms with Crippen LogP contribution in [0.1, 0.15) is 48.9 Å². The van der Waals surface area contributed by atoms with E-state index in [2.05, 4.69) is 45.4 Å². The summed E-state index contributed by atoms with van der Waals surface area (Å²) >= 11 is 0. The van der Waals surface area contributed by atoms with Crippen molar-refractivity contribution < 1.29 is 4.79 Å². The molecule has 0 bridgehead atoms. The molecule has 2 aliphatic rings. The minimum atomic E-state index is -0.198. The van der Waals surface area contributed by atoms with Crippen LogP contribution >= 0.6 is 0 Å². The van der Waals surface area contributed by atoms with E-state index in [0.717, 1.165) is 44.2 Å². The van der Waals surface area contributed by atoms with Crippen molar-refractivity contribution in [1.82, 2.24) is 5.43 Å². The molecule has 5 heteroatoms. The molecular weight excluding hydrogens is 324 g/mol. The van der Waals surface area contributed by atoms with Gasteiger partial charge in [-0.3, -0.25) is 10.2 Å². The van der Waals surface area contributed by atoms with E-state index < -0.39 is 0 Å². The van der Waals surface area contributed by atoms with E-state index in [4.69, 9.17) is 0 Å². The third kappa shape index (κ3) is 5.69. The maximum atomic E-state index is 12.1. The first kappa shape index (κ1) is 18.1. The average molecular weight is 350 g/mol. The van der Waals surface area contributed by atoms with Crippen molar-refractivity contribution in [1.29, 1.82) is 0 Å². The second-order valence-corrected chi connectivity index (χ2v) is 6.78. The van der Waals surface area contributed by atoms with Crippen LogP contribution in [0.2, 0.25) is 0 Å². The number of carbonyl (C=O) groups is 1. The molecule has 2 N–H and O–H groups in total. The molecule has 0 aliphatic heterocycles. The molecule has 0 unspecified atom stereocenters. The van der Waals surface area contributed by atoms with E-state index in [9.17, 15) is 4.79 Å². The molecule has 2 atom stereocenters. The summed E-state index contributed by atoms with van der Waals surface area (Å²) in [6.45, 7) is 0. The van der Waals surface area contributed by atoms with Crippen LogP contribution in [-0.2, 0) is 0 Å². The number of anilines is 1. The van der Waals surface area contributed by atoms with Crippen molar-refractivity contribution in [2.75, 3.05) is 5.43 Å². The van der Waals surface area contributed by atoms with Crippen molar-refractivity contribution in [2.45, 2.75) is 38.5 Å². The highest BCUT2D eigenvalue weighted by atomic mass is 16.2. The third-order valence-corrected chi connectivity index (χ3v) is 4.70. The van der Waals surface area contributed by atoms with Crippen LogP contribution in [0.3, 0.4) is 0 Å². The number of hydrazone groups is 2. The fraction of sp³-hybridized carbons (Fsp3) is 0.381. The van der Waals surface area contributed by atoms with Crippen LogP contribution in [0.25, 0.3) is 0 Å². The van der Waals surface area contributed by atoms with E-state index in [1.54, 1.807) is 12.1 Å². The molecule has 2 aliphatic carbocycles. The fourth-order valence-corrected chi connectivity index (χ4v) is 3.08. The van der Waals surface area contributed by atoms with Crippen LogP contribution in [0.15, 0.2) is 58.8 Å². The van der Waals surface area contributed by atoms with Gasteiger partial charge in [-0.25, -0.2) is 5.43 Å². The molecule has 1 amide bonds. The number of allylic oxidation sites excluding steroid dienone is 4. The number of nitrogens with one attached hydrogen (secondary N) is 2. The summed E-state index contributed by atoms with van der Waals surface area (Å²) in [5, 5.41) is 8.39. The van der Waals surface area contributed by atoms with Crippen LogP contribution in [0.4, 0.5) is 5.69 Å². The molecule has 5 nitrogen and oxygen atoms in total. The van der Waals surface area contributed by atoms with Crippen LogP contribution in [0, 0.1) is 11.8 Å². The van der Waals surface area contributed by atoms with E-state index in [-0.39, 0.29) is 5.91 Å². The molecule has 0 saturated carbocycles. The molecule has 26 heavy (non-hydrogen) atoms. The van der Waals surface area contributed by atoms with Gasteiger partial charge in [0.05, 0.1) is 5.69 Å². The van der Waals surface area contributed by atoms with Gasteiger partial charge in [0, 0.05) is 18.0 Å². The Balaban J connectivity index is 1.44. The molecular formula is C21H26N4O. The number of benzene rings is 1. The normalized spacial score (nSPS) is 22.8. The first-order valence-electron chi connectivity index (χ1n) is 9.34. The van der Waals surface area contributed by atoms with Gasteiger partial charge in [-0.15, -0.1) is 0 Å². The molecule has 0 fully saturated rings. The maximum absolute atomic E-state index is 12.1. The fourth-order valence-electron chi connectivity index (χ4n) is 3.08. The van der Waals surface area contributed by atoms with Gasteiger partial charge in [0.2, 0.25) is 0 Å². The minimum absolute atomic E-state index is 0.198. The summed E-state index contributed by atoms with van der Waals surface area (Å²) < 4.78 is 0. The van der Waals surface area contributed by atoms with E-state index in [0.29, 0.717) is 17.4 Å². The number of hydrogen-bond acceptors (Lipinski definition) is 4. The summed E-state index contributed by atoms with van der Waals surface area (Å²) in [5.74, 6) is 0.733. The van der Waals surface area contributed by atoms with Crippen LogP contribution in [0.5, 0.6) is 0 Å². The monoisotopic (exact) mass is 350 g/mol. The zero-order valence-corrected chi connectivity index (χ0v) is 15.0. The summed E-state index contributed by atoms with van der Waals surface area (Å²) in [5.41, 5.74) is 7.07. The summed E-state index contributed by atoms with van der Waals surface area (Å²) in [4.78, 5) is 12.1. The SMILES string of the molecule is O=C(N/N=C\[C@@H]1CC=CCC1)c1ccc(N/N=C\[C@H]2CC=CCC2)cc1. The first-order valence-corrected chi connectivity index (χ1v) is 9.34. The highest BCUT2D eigenvalue weighted by Gasteiger charge is 2.08. The summed E-state index contributed by atoms with van der Waals surface area (Å²) in [6.07, 6.45) is 19.1. The summed E-state index contributed by atoms with van der Waals surface area (Å²) in [7, 11) is 0. The maximum Gasteiger partial charge on any atom is 0.271 e. The number of nitrogens with zero attached hydrogens (tertiary/aromatic N) is 2. The second kappa shape index (κ2) is 9.70. The van der Waals surface area contributed by atoms with E-state index >= 15 is 0 Å². The predicted octanol–water partition coefficient (Wildman–Crippen LogP) is 4.51. The number of amides is 1. The van der Waals surface area contributed by atoms with E-state index in [1.807, 2.05) is 24.6 Å². The van der Waals surface area contributed by atoms with Gasteiger partial charge in [0.1, 0.15) is 0 Å². The van der Waals surface area contributed by atoms with Gasteiger partial charge in [-0.2, -0.15) is 10.2 Å². The average Bonchev–Trinajstić information content (AvgIpc) is 2.70. The smallest absolute Gasteiger partial charge is 0.271 e. The van der Waals surface area contributed by atoms with Gasteiger partial charge < -0.3 is 0 Å². The van der Waals surface area contributed by atoms with Gasteiger partial charge >= 0.3 is 0 Å². The lowest BCUT2D eigenvalue weighted by Gasteiger charge is -2.12. The number of hydrogen-bond donors (Lipinski definition) is 2. The Morgan fingerprint density at radius 2 is 1.50 bits per heavy atom. The molecule has 0 radical (unpaired) electrons. The van der Waals surface area contributed by atoms with Crippen LogP contribution in [-0.4, -0.2) is 18.3 Å². The zero-order valence-electron chi connectivity index (χ0n) is 15.0. The molecule has 1 aromatic carbocycles. The lowest BCUT2D eigenvalue weighted by Crippen LogP contribution is -2.18. The second-order valence-electron chi connectivity index (χ2n) is 6.78. The summed E-state index contributed by atoms with van der Waals surface area (Å²) in [6, 6.07) is 7.25. The zero-order chi connectivity index (χ0) is 18.0. The Labute approximate surface area is 155 Å². The Kier molecular flexibility index (Phi) is 6.76. The molecule has 1 aromatic rings.